The molecule has 1 fully saturated rings. The molecule has 1 aromatic carbocycles. The standard InChI is InChI=1S/C32H51BN6O10P2/c1-24(2)21-28(37-29(40)26(22-25-11-5-4-6-12-25)36-30(41)27-23-34-13-14-35-27)33-48-19-9-16-39(17-10-20-49-33)15-7-8-18-47-31(42)38-32(50(3)43)51(44,45)46/h4-6,11-14,23-24,26,28,32,43H,7-10,15-22H2,1-3H3,(H,36,41)(H,37,40)(H,38,42)(H2,44,45,46)/t26-,28+,32?,50?/m0/s1. The Morgan fingerprint density at radius 3 is 2.31 bits per heavy atom. The average molecular weight is 753 g/mol. The van der Waals surface area contributed by atoms with E-state index in [0.29, 0.717) is 26.1 Å². The summed E-state index contributed by atoms with van der Waals surface area (Å²) in [6.45, 7) is 8.49. The van der Waals surface area contributed by atoms with E-state index in [0.717, 1.165) is 44.5 Å². The molecular formula is C32H51BN6O10P2. The molecule has 6 N–H and O–H groups in total. The first kappa shape index (κ1) is 42.4. The van der Waals surface area contributed by atoms with Crippen molar-refractivity contribution in [3.8, 4) is 0 Å². The minimum Gasteiger partial charge on any atom is -0.450 e. The van der Waals surface area contributed by atoms with Crippen LogP contribution in [0.1, 0.15) is 62.0 Å². The van der Waals surface area contributed by atoms with Gasteiger partial charge in [0.25, 0.3) is 5.91 Å². The lowest BCUT2D eigenvalue weighted by Gasteiger charge is -2.30. The van der Waals surface area contributed by atoms with Gasteiger partial charge in [-0.1, -0.05) is 44.2 Å². The number of aromatic nitrogens is 2. The first-order valence-electron chi connectivity index (χ1n) is 17.1. The molecule has 2 heterocycles. The summed E-state index contributed by atoms with van der Waals surface area (Å²) in [5, 5.41) is 8.01. The summed E-state index contributed by atoms with van der Waals surface area (Å²) in [5.41, 5.74) is -0.676. The molecule has 4 atom stereocenters. The van der Waals surface area contributed by atoms with Crippen LogP contribution in [-0.2, 0) is 29.8 Å². The number of carbonyl (C=O) groups excluding carboxylic acids is 3. The summed E-state index contributed by atoms with van der Waals surface area (Å²) in [6.07, 6.45) is 6.83. The highest BCUT2D eigenvalue weighted by Crippen LogP contribution is 2.53. The van der Waals surface area contributed by atoms with Crippen molar-refractivity contribution < 1.29 is 47.7 Å². The fourth-order valence-electron chi connectivity index (χ4n) is 5.47. The van der Waals surface area contributed by atoms with Gasteiger partial charge in [0.15, 0.2) is 5.52 Å². The van der Waals surface area contributed by atoms with Crippen molar-refractivity contribution in [2.75, 3.05) is 46.1 Å². The quantitative estimate of drug-likeness (QED) is 0.0778. The normalized spacial score (nSPS) is 17.1. The Morgan fingerprint density at radius 2 is 1.73 bits per heavy atom. The van der Waals surface area contributed by atoms with Crippen LogP contribution in [0, 0.1) is 5.92 Å². The number of rotatable bonds is 17. The lowest BCUT2D eigenvalue weighted by atomic mass is 9.73. The summed E-state index contributed by atoms with van der Waals surface area (Å²) >= 11 is 0. The summed E-state index contributed by atoms with van der Waals surface area (Å²) < 4.78 is 29.0. The second-order valence-electron chi connectivity index (χ2n) is 12.7. The van der Waals surface area contributed by atoms with Gasteiger partial charge in [-0.05, 0) is 56.8 Å². The van der Waals surface area contributed by atoms with Crippen LogP contribution < -0.4 is 16.0 Å². The molecule has 16 nitrogen and oxygen atoms in total. The smallest absolute Gasteiger partial charge is 0.450 e. The molecule has 51 heavy (non-hydrogen) atoms. The van der Waals surface area contributed by atoms with Crippen LogP contribution in [0.25, 0.3) is 0 Å². The van der Waals surface area contributed by atoms with Gasteiger partial charge in [-0.15, -0.1) is 0 Å². The van der Waals surface area contributed by atoms with Crippen molar-refractivity contribution >= 4 is 40.8 Å². The molecule has 0 saturated carbocycles. The van der Waals surface area contributed by atoms with Crippen molar-refractivity contribution in [2.24, 2.45) is 5.92 Å². The highest BCUT2D eigenvalue weighted by atomic mass is 31.2. The van der Waals surface area contributed by atoms with E-state index < -0.39 is 52.4 Å². The van der Waals surface area contributed by atoms with E-state index in [4.69, 9.17) is 14.0 Å². The Labute approximate surface area is 301 Å². The molecular weight excluding hydrogens is 701 g/mol. The third-order valence-corrected chi connectivity index (χ3v) is 11.4. The van der Waals surface area contributed by atoms with Gasteiger partial charge >= 0.3 is 20.8 Å². The van der Waals surface area contributed by atoms with E-state index >= 15 is 0 Å². The van der Waals surface area contributed by atoms with Crippen molar-refractivity contribution in [3.05, 3.63) is 60.2 Å². The van der Waals surface area contributed by atoms with Crippen LogP contribution in [0.4, 0.5) is 4.79 Å². The highest BCUT2D eigenvalue weighted by Gasteiger charge is 2.36. The molecule has 0 bridgehead atoms. The van der Waals surface area contributed by atoms with Crippen molar-refractivity contribution in [2.45, 2.75) is 69.9 Å². The summed E-state index contributed by atoms with van der Waals surface area (Å²) in [4.78, 5) is 77.3. The van der Waals surface area contributed by atoms with E-state index in [9.17, 15) is 33.6 Å². The molecule has 1 aliphatic rings. The third-order valence-electron chi connectivity index (χ3n) is 7.90. The molecule has 19 heteroatoms. The van der Waals surface area contributed by atoms with Gasteiger partial charge in [-0.2, -0.15) is 0 Å². The van der Waals surface area contributed by atoms with Gasteiger partial charge < -0.3 is 49.6 Å². The lowest BCUT2D eigenvalue weighted by Crippen LogP contribution is -2.56. The van der Waals surface area contributed by atoms with Crippen LogP contribution in [0.2, 0.25) is 0 Å². The maximum absolute atomic E-state index is 13.8. The number of hydrogen-bond donors (Lipinski definition) is 6. The van der Waals surface area contributed by atoms with Crippen LogP contribution in [0.5, 0.6) is 0 Å². The van der Waals surface area contributed by atoms with Crippen LogP contribution in [0.3, 0.4) is 0 Å². The molecule has 1 aliphatic heterocycles. The Hall–Kier alpha value is -3.01. The zero-order valence-corrected chi connectivity index (χ0v) is 31.2. The fourth-order valence-corrected chi connectivity index (χ4v) is 7.78. The van der Waals surface area contributed by atoms with E-state index in [1.165, 1.54) is 25.3 Å². The van der Waals surface area contributed by atoms with Gasteiger partial charge in [0, 0.05) is 45.1 Å². The van der Waals surface area contributed by atoms with E-state index in [2.05, 4.69) is 44.7 Å². The number of hydrogen-bond acceptors (Lipinski definition) is 11. The third kappa shape index (κ3) is 16.0. The Morgan fingerprint density at radius 1 is 1.04 bits per heavy atom. The van der Waals surface area contributed by atoms with Crippen molar-refractivity contribution in [1.29, 1.82) is 0 Å². The predicted octanol–water partition coefficient (Wildman–Crippen LogP) is 2.49. The second-order valence-corrected chi connectivity index (χ2v) is 16.5. The molecule has 3 rings (SSSR count). The fraction of sp³-hybridized carbons (Fsp3) is 0.594. The molecule has 0 radical (unpaired) electrons. The molecule has 282 valence electrons. The van der Waals surface area contributed by atoms with Gasteiger partial charge in [-0.3, -0.25) is 19.1 Å². The lowest BCUT2D eigenvalue weighted by molar-refractivity contribution is -0.123. The topological polar surface area (TPSA) is 222 Å². The SMILES string of the molecule is CC(C)C[C@@H](NC(=O)[C@H](Cc1ccccc1)NC(=O)c1cnccn1)B1OCCCN(CCCCOC(=O)NC(P(C)O)P(=O)(O)O)CCCO1. The van der Waals surface area contributed by atoms with Gasteiger partial charge in [-0.25, -0.2) is 9.78 Å². The minimum absolute atomic E-state index is 0.0632. The number of benzene rings is 1. The Kier molecular flexibility index (Phi) is 18.4. The zero-order chi connectivity index (χ0) is 37.2. The molecule has 2 unspecified atom stereocenters. The molecule has 0 spiro atoms. The number of nitrogens with one attached hydrogen (secondary N) is 3. The number of nitrogens with zero attached hydrogens (tertiary/aromatic N) is 3. The van der Waals surface area contributed by atoms with Gasteiger partial charge in [0.05, 0.1) is 26.9 Å². The maximum atomic E-state index is 13.8. The number of ether oxygens (including phenoxy) is 1. The Bertz CT molecular complexity index is 1380. The average Bonchev–Trinajstić information content (AvgIpc) is 3.09. The van der Waals surface area contributed by atoms with Crippen LogP contribution in [-0.4, -0.2) is 118 Å². The van der Waals surface area contributed by atoms with Crippen LogP contribution >= 0.6 is 15.7 Å². The predicted molar refractivity (Wildman–Crippen MR) is 193 cm³/mol. The van der Waals surface area contributed by atoms with E-state index in [1.807, 2.05) is 30.3 Å². The zero-order valence-electron chi connectivity index (χ0n) is 29.4. The van der Waals surface area contributed by atoms with Gasteiger partial charge in [0.1, 0.15) is 11.7 Å². The van der Waals surface area contributed by atoms with Gasteiger partial charge in [0.2, 0.25) is 5.91 Å². The van der Waals surface area contributed by atoms with Crippen LogP contribution in [0.15, 0.2) is 48.9 Å². The maximum Gasteiger partial charge on any atom is 0.480 e. The molecule has 3 amide bonds. The highest BCUT2D eigenvalue weighted by molar-refractivity contribution is 7.70. The number of amides is 3. The second kappa shape index (κ2) is 22.2. The first-order valence-corrected chi connectivity index (χ1v) is 20.6. The summed E-state index contributed by atoms with van der Waals surface area (Å²) in [7, 11) is -7.49. The number of alkyl carbamates (subject to hydrolysis) is 1. The minimum atomic E-state index is -4.71. The molecule has 0 aliphatic carbocycles. The number of unbranched alkanes of at least 4 members (excludes halogenated alkanes) is 1. The largest absolute Gasteiger partial charge is 0.480 e. The molecule has 1 aromatic heterocycles. The number of carbonyl (C=O) groups is 3. The van der Waals surface area contributed by atoms with E-state index in [-0.39, 0.29) is 30.5 Å². The van der Waals surface area contributed by atoms with E-state index in [1.54, 1.807) is 0 Å². The van der Waals surface area contributed by atoms with Crippen molar-refractivity contribution in [3.63, 3.8) is 0 Å². The molecule has 1 saturated heterocycles. The first-order chi connectivity index (χ1) is 24.3. The molecule has 2 aromatic rings. The summed E-state index contributed by atoms with van der Waals surface area (Å²) in [6, 6.07) is 8.56. The van der Waals surface area contributed by atoms with Crippen molar-refractivity contribution in [1.82, 2.24) is 30.8 Å². The Balaban J connectivity index is 1.51. The summed E-state index contributed by atoms with van der Waals surface area (Å²) in [5.74, 6) is -1.10. The monoisotopic (exact) mass is 752 g/mol.